The molecular weight excluding hydrogens is 500 g/mol. The van der Waals surface area contributed by atoms with Crippen LogP contribution in [-0.2, 0) is 14.9 Å². The summed E-state index contributed by atoms with van der Waals surface area (Å²) in [5.41, 5.74) is 3.52. The van der Waals surface area contributed by atoms with Crippen LogP contribution in [0.5, 0.6) is 0 Å². The Morgan fingerprint density at radius 2 is 1.58 bits per heavy atom. The number of ether oxygens (including phenoxy) is 1. The number of hydrogen-bond donors (Lipinski definition) is 2. The molecule has 9 heteroatoms. The zero-order chi connectivity index (χ0) is 27.4. The van der Waals surface area contributed by atoms with Gasteiger partial charge < -0.3 is 15.4 Å². The van der Waals surface area contributed by atoms with E-state index in [9.17, 15) is 14.4 Å². The van der Waals surface area contributed by atoms with Crippen molar-refractivity contribution in [2.75, 3.05) is 10.6 Å². The van der Waals surface area contributed by atoms with Gasteiger partial charge in [0.15, 0.2) is 6.10 Å². The number of aromatic nitrogens is 2. The van der Waals surface area contributed by atoms with Gasteiger partial charge in [-0.15, -0.1) is 11.3 Å². The zero-order valence-electron chi connectivity index (χ0n) is 21.9. The normalized spacial score (nSPS) is 12.0. The van der Waals surface area contributed by atoms with Gasteiger partial charge in [0.05, 0.1) is 16.3 Å². The second-order valence-electron chi connectivity index (χ2n) is 9.97. The van der Waals surface area contributed by atoms with Crippen LogP contribution in [0.15, 0.2) is 72.2 Å². The van der Waals surface area contributed by atoms with E-state index in [1.807, 2.05) is 63.4 Å². The molecule has 0 radical (unpaired) electrons. The molecule has 0 aliphatic carbocycles. The maximum atomic E-state index is 13.1. The van der Waals surface area contributed by atoms with Crippen LogP contribution in [0.1, 0.15) is 59.0 Å². The van der Waals surface area contributed by atoms with Crippen molar-refractivity contribution < 1.29 is 19.1 Å². The second kappa shape index (κ2) is 11.0. The van der Waals surface area contributed by atoms with E-state index in [4.69, 9.17) is 4.74 Å². The van der Waals surface area contributed by atoms with Crippen LogP contribution < -0.4 is 10.6 Å². The molecule has 2 heterocycles. The van der Waals surface area contributed by atoms with Crippen molar-refractivity contribution in [3.05, 3.63) is 93.9 Å². The van der Waals surface area contributed by atoms with E-state index in [1.54, 1.807) is 41.2 Å². The van der Waals surface area contributed by atoms with Crippen molar-refractivity contribution in [1.29, 1.82) is 0 Å². The first-order chi connectivity index (χ1) is 18.0. The first-order valence-electron chi connectivity index (χ1n) is 12.2. The fraction of sp³-hybridized carbons (Fsp3) is 0.241. The van der Waals surface area contributed by atoms with Gasteiger partial charge in [0.1, 0.15) is 5.56 Å². The van der Waals surface area contributed by atoms with E-state index in [0.29, 0.717) is 27.5 Å². The van der Waals surface area contributed by atoms with Crippen molar-refractivity contribution in [3.8, 4) is 5.69 Å². The number of nitrogens with zero attached hydrogens (tertiary/aromatic N) is 2. The van der Waals surface area contributed by atoms with E-state index in [-0.39, 0.29) is 5.91 Å². The molecule has 2 amide bonds. The lowest BCUT2D eigenvalue weighted by Gasteiger charge is -2.18. The van der Waals surface area contributed by atoms with Gasteiger partial charge in [0.25, 0.3) is 11.8 Å². The number of anilines is 2. The third kappa shape index (κ3) is 6.36. The van der Waals surface area contributed by atoms with Crippen LogP contribution in [0.4, 0.5) is 11.4 Å². The molecule has 0 aliphatic rings. The Bertz CT molecular complexity index is 1430. The average Bonchev–Trinajstić information content (AvgIpc) is 3.56. The molecule has 0 saturated heterocycles. The largest absolute Gasteiger partial charge is 0.449 e. The minimum absolute atomic E-state index is 0.197. The minimum Gasteiger partial charge on any atom is -0.449 e. The van der Waals surface area contributed by atoms with Gasteiger partial charge in [0, 0.05) is 23.0 Å². The molecule has 1 unspecified atom stereocenters. The highest BCUT2D eigenvalue weighted by Crippen LogP contribution is 2.27. The van der Waals surface area contributed by atoms with Crippen molar-refractivity contribution in [2.24, 2.45) is 0 Å². The number of amides is 2. The van der Waals surface area contributed by atoms with Gasteiger partial charge in [-0.05, 0) is 61.7 Å². The molecule has 196 valence electrons. The van der Waals surface area contributed by atoms with Crippen molar-refractivity contribution >= 4 is 40.5 Å². The van der Waals surface area contributed by atoms with E-state index in [1.165, 1.54) is 18.3 Å². The molecule has 1 atom stereocenters. The van der Waals surface area contributed by atoms with Crippen LogP contribution in [-0.4, -0.2) is 33.7 Å². The molecule has 4 aromatic rings. The van der Waals surface area contributed by atoms with Gasteiger partial charge in [-0.2, -0.15) is 5.10 Å². The quantitative estimate of drug-likeness (QED) is 0.286. The number of thiophene rings is 1. The summed E-state index contributed by atoms with van der Waals surface area (Å²) in [6.07, 6.45) is 0.595. The zero-order valence-corrected chi connectivity index (χ0v) is 22.8. The molecule has 0 aliphatic heterocycles. The number of esters is 1. The number of carbonyl (C=O) groups is 3. The monoisotopic (exact) mass is 530 g/mol. The Morgan fingerprint density at radius 3 is 2.16 bits per heavy atom. The molecule has 2 N–H and O–H groups in total. The molecule has 2 aromatic carbocycles. The smallest absolute Gasteiger partial charge is 0.342 e. The summed E-state index contributed by atoms with van der Waals surface area (Å²) >= 11 is 1.36. The summed E-state index contributed by atoms with van der Waals surface area (Å²) in [4.78, 5) is 38.7. The van der Waals surface area contributed by atoms with Crippen molar-refractivity contribution in [2.45, 2.75) is 46.1 Å². The summed E-state index contributed by atoms with van der Waals surface area (Å²) in [6, 6.07) is 18.1. The van der Waals surface area contributed by atoms with Crippen LogP contribution in [0.2, 0.25) is 0 Å². The number of rotatable bonds is 7. The third-order valence-corrected chi connectivity index (χ3v) is 6.62. The minimum atomic E-state index is -1.05. The molecule has 0 bridgehead atoms. The average molecular weight is 531 g/mol. The van der Waals surface area contributed by atoms with Gasteiger partial charge >= 0.3 is 5.97 Å². The number of aryl methyl sites for hydroxylation is 1. The van der Waals surface area contributed by atoms with Gasteiger partial charge in [-0.25, -0.2) is 9.48 Å². The Balaban J connectivity index is 1.41. The summed E-state index contributed by atoms with van der Waals surface area (Å²) < 4.78 is 7.19. The number of benzene rings is 2. The number of carbonyl (C=O) groups excluding carboxylic acids is 3. The molecule has 0 spiro atoms. The predicted molar refractivity (Wildman–Crippen MR) is 149 cm³/mol. The first kappa shape index (κ1) is 26.8. The van der Waals surface area contributed by atoms with Crippen LogP contribution in [0.3, 0.4) is 0 Å². The highest BCUT2D eigenvalue weighted by Gasteiger charge is 2.29. The van der Waals surface area contributed by atoms with E-state index < -0.39 is 23.4 Å². The Kier molecular flexibility index (Phi) is 7.78. The van der Waals surface area contributed by atoms with Crippen molar-refractivity contribution in [1.82, 2.24) is 9.78 Å². The van der Waals surface area contributed by atoms with E-state index in [0.717, 1.165) is 11.3 Å². The van der Waals surface area contributed by atoms with Crippen LogP contribution in [0.25, 0.3) is 5.69 Å². The molecule has 8 nitrogen and oxygen atoms in total. The molecule has 0 fully saturated rings. The molecule has 0 saturated carbocycles. The number of hydrogen-bond acceptors (Lipinski definition) is 6. The lowest BCUT2D eigenvalue weighted by atomic mass is 9.89. The first-order valence-corrected chi connectivity index (χ1v) is 13.0. The van der Waals surface area contributed by atoms with Gasteiger partial charge in [0.2, 0.25) is 0 Å². The maximum absolute atomic E-state index is 13.1. The van der Waals surface area contributed by atoms with Crippen LogP contribution in [0, 0.1) is 6.92 Å². The van der Waals surface area contributed by atoms with E-state index >= 15 is 0 Å². The second-order valence-corrected chi connectivity index (χ2v) is 10.9. The van der Waals surface area contributed by atoms with E-state index in [2.05, 4.69) is 15.7 Å². The fourth-order valence-corrected chi connectivity index (χ4v) is 4.28. The summed E-state index contributed by atoms with van der Waals surface area (Å²) in [7, 11) is 0. The number of nitrogens with one attached hydrogen (secondary N) is 2. The maximum Gasteiger partial charge on any atom is 0.342 e. The molecule has 4 rings (SSSR count). The van der Waals surface area contributed by atoms with Gasteiger partial charge in [-0.1, -0.05) is 44.5 Å². The van der Waals surface area contributed by atoms with Gasteiger partial charge in [-0.3, -0.25) is 9.59 Å². The SMILES string of the molecule is Cc1ccc(-n2cc(C(=O)OC(C)C(=O)Nc3ccc(NC(=O)c4cccs4)cc3)c(C(C)(C)C)n2)cc1. The Morgan fingerprint density at radius 1 is 0.947 bits per heavy atom. The summed E-state index contributed by atoms with van der Waals surface area (Å²) in [5, 5.41) is 12.0. The summed E-state index contributed by atoms with van der Waals surface area (Å²) in [5.74, 6) is -1.29. The van der Waals surface area contributed by atoms with Crippen molar-refractivity contribution in [3.63, 3.8) is 0 Å². The highest BCUT2D eigenvalue weighted by molar-refractivity contribution is 7.12. The van der Waals surface area contributed by atoms with Crippen LogP contribution >= 0.6 is 11.3 Å². The Labute approximate surface area is 225 Å². The molecular formula is C29H30N4O4S. The summed E-state index contributed by atoms with van der Waals surface area (Å²) in [6.45, 7) is 9.42. The topological polar surface area (TPSA) is 102 Å². The molecule has 38 heavy (non-hydrogen) atoms. The fourth-order valence-electron chi connectivity index (χ4n) is 3.67. The predicted octanol–water partition coefficient (Wildman–Crippen LogP) is 5.98. The molecule has 2 aromatic heterocycles. The standard InChI is InChI=1S/C29H30N4O4S/c1-18-8-14-22(15-9-18)33-17-23(25(32-33)29(3,4)5)28(36)37-19(2)26(34)30-20-10-12-21(13-11-20)31-27(35)24-7-6-16-38-24/h6-17,19H,1-5H3,(H,30,34)(H,31,35). The Hall–Kier alpha value is -4.24. The lowest BCUT2D eigenvalue weighted by molar-refractivity contribution is -0.123. The lowest BCUT2D eigenvalue weighted by Crippen LogP contribution is -2.30. The highest BCUT2D eigenvalue weighted by atomic mass is 32.1. The third-order valence-electron chi connectivity index (χ3n) is 5.75.